The highest BCUT2D eigenvalue weighted by molar-refractivity contribution is 7.89. The molecule has 0 atom stereocenters. The van der Waals surface area contributed by atoms with E-state index >= 15 is 0 Å². The Kier molecular flexibility index (Phi) is 7.34. The summed E-state index contributed by atoms with van der Waals surface area (Å²) in [6.45, 7) is 8.41. The van der Waals surface area contributed by atoms with Crippen LogP contribution in [0.4, 0.5) is 5.69 Å². The van der Waals surface area contributed by atoms with Gasteiger partial charge in [-0.25, -0.2) is 8.42 Å². The first-order valence-corrected chi connectivity index (χ1v) is 13.0. The molecular formula is C29H30N2O3S. The zero-order chi connectivity index (χ0) is 25.0. The summed E-state index contributed by atoms with van der Waals surface area (Å²) in [4.78, 5) is 4.76. The van der Waals surface area contributed by atoms with Crippen LogP contribution in [0.3, 0.4) is 0 Å². The summed E-state index contributed by atoms with van der Waals surface area (Å²) in [5, 5.41) is 0. The molecule has 0 saturated heterocycles. The average Bonchev–Trinajstić information content (AvgIpc) is 3.28. The Labute approximate surface area is 207 Å². The monoisotopic (exact) mass is 486 g/mol. The van der Waals surface area contributed by atoms with Gasteiger partial charge in [-0.05, 0) is 80.8 Å². The van der Waals surface area contributed by atoms with Crippen molar-refractivity contribution < 1.29 is 12.8 Å². The molecule has 5 nitrogen and oxygen atoms in total. The molecule has 0 bridgehead atoms. The lowest BCUT2D eigenvalue weighted by Crippen LogP contribution is -2.30. The predicted molar refractivity (Wildman–Crippen MR) is 141 cm³/mol. The number of aliphatic imine (C=N–C) groups is 1. The molecule has 0 spiro atoms. The molecule has 4 aromatic rings. The molecule has 0 amide bonds. The Morgan fingerprint density at radius 2 is 1.43 bits per heavy atom. The molecule has 6 heteroatoms. The molecule has 3 aromatic carbocycles. The van der Waals surface area contributed by atoms with E-state index in [4.69, 9.17) is 4.42 Å². The van der Waals surface area contributed by atoms with Crippen molar-refractivity contribution in [2.24, 2.45) is 4.99 Å². The molecule has 0 aliphatic heterocycles. The topological polar surface area (TPSA) is 62.9 Å². The summed E-state index contributed by atoms with van der Waals surface area (Å²) in [6, 6.07) is 24.4. The lowest BCUT2D eigenvalue weighted by Gasteiger charge is -2.21. The smallest absolute Gasteiger partial charge is 0.243 e. The number of hydrogen-bond acceptors (Lipinski definition) is 4. The Balaban J connectivity index is 1.58. The van der Waals surface area contributed by atoms with Gasteiger partial charge in [-0.15, -0.1) is 0 Å². The van der Waals surface area contributed by atoms with E-state index in [-0.39, 0.29) is 18.0 Å². The van der Waals surface area contributed by atoms with E-state index in [0.29, 0.717) is 11.5 Å². The summed E-state index contributed by atoms with van der Waals surface area (Å²) in [6.07, 6.45) is 1.66. The van der Waals surface area contributed by atoms with Crippen molar-refractivity contribution in [2.45, 2.75) is 45.7 Å². The van der Waals surface area contributed by atoms with Crippen LogP contribution in [0.1, 0.15) is 39.3 Å². The average molecular weight is 487 g/mol. The Morgan fingerprint density at radius 1 is 0.771 bits per heavy atom. The van der Waals surface area contributed by atoms with Gasteiger partial charge in [0.1, 0.15) is 11.5 Å². The van der Waals surface area contributed by atoms with Gasteiger partial charge in [0.2, 0.25) is 10.0 Å². The molecule has 0 aliphatic carbocycles. The lowest BCUT2D eigenvalue weighted by molar-refractivity contribution is 0.357. The summed E-state index contributed by atoms with van der Waals surface area (Å²) < 4.78 is 34.5. The van der Waals surface area contributed by atoms with Crippen LogP contribution in [0.2, 0.25) is 0 Å². The predicted octanol–water partition coefficient (Wildman–Crippen LogP) is 6.65. The number of sulfonamides is 1. The minimum absolute atomic E-state index is 0.113. The van der Waals surface area contributed by atoms with Crippen molar-refractivity contribution in [3.05, 3.63) is 118 Å². The van der Waals surface area contributed by atoms with Gasteiger partial charge in [0, 0.05) is 6.54 Å². The van der Waals surface area contributed by atoms with E-state index in [1.54, 1.807) is 24.4 Å². The molecule has 35 heavy (non-hydrogen) atoms. The summed E-state index contributed by atoms with van der Waals surface area (Å²) in [5.74, 6) is 1.12. The van der Waals surface area contributed by atoms with Gasteiger partial charge in [0.05, 0.1) is 23.3 Å². The highest BCUT2D eigenvalue weighted by atomic mass is 32.2. The molecule has 0 fully saturated rings. The van der Waals surface area contributed by atoms with Crippen molar-refractivity contribution in [3.8, 4) is 0 Å². The normalized spacial score (nSPS) is 12.0. The maximum Gasteiger partial charge on any atom is 0.243 e. The van der Waals surface area contributed by atoms with Gasteiger partial charge in [0.25, 0.3) is 0 Å². The fourth-order valence-electron chi connectivity index (χ4n) is 3.65. The van der Waals surface area contributed by atoms with Gasteiger partial charge in [0.15, 0.2) is 0 Å². The fraction of sp³-hybridized carbons (Fsp3) is 0.207. The van der Waals surface area contributed by atoms with Gasteiger partial charge in [-0.2, -0.15) is 4.31 Å². The molecule has 4 rings (SSSR count). The molecule has 0 saturated carbocycles. The van der Waals surface area contributed by atoms with Crippen LogP contribution in [0.25, 0.3) is 0 Å². The van der Waals surface area contributed by atoms with Crippen LogP contribution in [0.5, 0.6) is 0 Å². The van der Waals surface area contributed by atoms with Gasteiger partial charge in [-0.3, -0.25) is 4.99 Å². The number of hydrogen-bond donors (Lipinski definition) is 0. The zero-order valence-corrected chi connectivity index (χ0v) is 21.3. The van der Waals surface area contributed by atoms with Gasteiger partial charge >= 0.3 is 0 Å². The molecule has 1 heterocycles. The third kappa shape index (κ3) is 6.15. The highest BCUT2D eigenvalue weighted by Crippen LogP contribution is 2.23. The standard InChI is InChI=1S/C29H30N2O3S/c1-21-5-10-25(11-6-21)19-31(35(32,33)29-15-7-22(2)8-16-29)20-28-14-13-27(34-28)18-30-26-12-9-23(3)24(4)17-26/h5-18H,19-20H2,1-4H3. The lowest BCUT2D eigenvalue weighted by atomic mass is 10.1. The minimum Gasteiger partial charge on any atom is -0.459 e. The van der Waals surface area contributed by atoms with Crippen molar-refractivity contribution >= 4 is 21.9 Å². The maximum absolute atomic E-state index is 13.6. The third-order valence-corrected chi connectivity index (χ3v) is 7.79. The van der Waals surface area contributed by atoms with Crippen molar-refractivity contribution in [1.29, 1.82) is 0 Å². The van der Waals surface area contributed by atoms with E-state index in [9.17, 15) is 8.42 Å². The molecular weight excluding hydrogens is 456 g/mol. The Hall–Kier alpha value is -3.48. The number of furan rings is 1. The van der Waals surface area contributed by atoms with Gasteiger partial charge < -0.3 is 4.42 Å². The number of aryl methyl sites for hydroxylation is 4. The second kappa shape index (κ2) is 10.4. The number of benzene rings is 3. The van der Waals surface area contributed by atoms with Crippen LogP contribution < -0.4 is 0 Å². The number of rotatable bonds is 8. The van der Waals surface area contributed by atoms with Gasteiger partial charge in [-0.1, -0.05) is 53.6 Å². The second-order valence-corrected chi connectivity index (χ2v) is 10.8. The first-order chi connectivity index (χ1) is 16.7. The van der Waals surface area contributed by atoms with E-state index < -0.39 is 10.0 Å². The van der Waals surface area contributed by atoms with Crippen molar-refractivity contribution in [1.82, 2.24) is 4.31 Å². The van der Waals surface area contributed by atoms with E-state index in [0.717, 1.165) is 22.4 Å². The van der Waals surface area contributed by atoms with Crippen LogP contribution in [-0.2, 0) is 23.1 Å². The molecule has 0 radical (unpaired) electrons. The van der Waals surface area contributed by atoms with E-state index in [1.165, 1.54) is 15.4 Å². The van der Waals surface area contributed by atoms with Crippen LogP contribution in [0.15, 0.2) is 93.2 Å². The highest BCUT2D eigenvalue weighted by Gasteiger charge is 2.26. The van der Waals surface area contributed by atoms with Crippen molar-refractivity contribution in [2.75, 3.05) is 0 Å². The first-order valence-electron chi connectivity index (χ1n) is 11.5. The SMILES string of the molecule is Cc1ccc(CN(Cc2ccc(C=Nc3ccc(C)c(C)c3)o2)S(=O)(=O)c2ccc(C)cc2)cc1. The fourth-order valence-corrected chi connectivity index (χ4v) is 5.04. The third-order valence-electron chi connectivity index (χ3n) is 5.98. The summed E-state index contributed by atoms with van der Waals surface area (Å²) >= 11 is 0. The Morgan fingerprint density at radius 3 is 2.09 bits per heavy atom. The number of nitrogens with zero attached hydrogens (tertiary/aromatic N) is 2. The minimum atomic E-state index is -3.74. The molecule has 180 valence electrons. The second-order valence-electron chi connectivity index (χ2n) is 8.90. The molecule has 0 aliphatic rings. The molecule has 0 unspecified atom stereocenters. The van der Waals surface area contributed by atoms with E-state index in [1.807, 2.05) is 74.5 Å². The van der Waals surface area contributed by atoms with Crippen molar-refractivity contribution in [3.63, 3.8) is 0 Å². The Bertz CT molecular complexity index is 1430. The van der Waals surface area contributed by atoms with Crippen LogP contribution in [-0.4, -0.2) is 18.9 Å². The molecule has 0 N–H and O–H groups in total. The van der Waals surface area contributed by atoms with E-state index in [2.05, 4.69) is 18.8 Å². The summed E-state index contributed by atoms with van der Waals surface area (Å²) in [5.41, 5.74) is 6.28. The van der Waals surface area contributed by atoms with Crippen LogP contribution in [0, 0.1) is 27.7 Å². The van der Waals surface area contributed by atoms with Crippen LogP contribution >= 0.6 is 0 Å². The summed E-state index contributed by atoms with van der Waals surface area (Å²) in [7, 11) is -3.74. The maximum atomic E-state index is 13.6. The first kappa shape index (κ1) is 24.6. The quantitative estimate of drug-likeness (QED) is 0.262. The molecule has 1 aromatic heterocycles. The zero-order valence-electron chi connectivity index (χ0n) is 20.5. The largest absolute Gasteiger partial charge is 0.459 e.